The molecule has 8 heteroatoms. The topological polar surface area (TPSA) is 58.6 Å². The Morgan fingerprint density at radius 2 is 2.11 bits per heavy atom. The first-order valence-corrected chi connectivity index (χ1v) is 11.1. The number of hydrogen-bond acceptors (Lipinski definition) is 5. The summed E-state index contributed by atoms with van der Waals surface area (Å²) < 4.78 is 5.51. The van der Waals surface area contributed by atoms with Crippen molar-refractivity contribution >= 4 is 52.8 Å². The number of benzene rings is 1. The Hall–Kier alpha value is -1.05. The molecule has 28 heavy (non-hydrogen) atoms. The summed E-state index contributed by atoms with van der Waals surface area (Å²) in [5.74, 6) is 0.161. The van der Waals surface area contributed by atoms with Crippen molar-refractivity contribution in [2.24, 2.45) is 0 Å². The van der Waals surface area contributed by atoms with Gasteiger partial charge in [0.15, 0.2) is 0 Å². The smallest absolute Gasteiger partial charge is 0.306 e. The fraction of sp³-hybridized carbons (Fsp3) is 0.600. The number of hydrogen-bond donors (Lipinski definition) is 1. The Morgan fingerprint density at radius 3 is 2.68 bits per heavy atom. The van der Waals surface area contributed by atoms with Crippen molar-refractivity contribution in [2.45, 2.75) is 45.6 Å². The highest BCUT2D eigenvalue weighted by Gasteiger charge is 2.23. The summed E-state index contributed by atoms with van der Waals surface area (Å²) in [5.41, 5.74) is 2.68. The summed E-state index contributed by atoms with van der Waals surface area (Å²) in [6.07, 6.45) is 0.932. The van der Waals surface area contributed by atoms with Crippen LogP contribution in [-0.2, 0) is 14.3 Å². The van der Waals surface area contributed by atoms with E-state index in [0.29, 0.717) is 18.6 Å². The molecule has 1 N–H and O–H groups in total. The van der Waals surface area contributed by atoms with Gasteiger partial charge >= 0.3 is 5.97 Å². The molecule has 0 fully saturated rings. The van der Waals surface area contributed by atoms with E-state index < -0.39 is 5.60 Å². The van der Waals surface area contributed by atoms with Gasteiger partial charge in [0, 0.05) is 35.9 Å². The standard InChI is InChI=1S/C20H30BBrClN2O3/c1-15-5-6-17(25(9-7-22)10-8-23)12-18(15)16(13-24-21-14-26)11-19(27)28-20(2,3)4/h5-6,12,14,16,24H,7-11,13H2,1-4H3. The summed E-state index contributed by atoms with van der Waals surface area (Å²) in [6, 6.07) is 6.25. The number of halogens is 2. The van der Waals surface area contributed by atoms with E-state index in [9.17, 15) is 9.59 Å². The summed E-state index contributed by atoms with van der Waals surface area (Å²) in [5, 5.41) is 3.82. The molecule has 0 amide bonds. The fourth-order valence-electron chi connectivity index (χ4n) is 2.97. The highest BCUT2D eigenvalue weighted by molar-refractivity contribution is 9.09. The normalized spacial score (nSPS) is 12.4. The number of alkyl halides is 2. The molecular formula is C20H30BBrClN2O3. The van der Waals surface area contributed by atoms with E-state index in [4.69, 9.17) is 16.3 Å². The molecule has 1 atom stereocenters. The van der Waals surface area contributed by atoms with Crippen molar-refractivity contribution < 1.29 is 14.3 Å². The Bertz CT molecular complexity index is 634. The van der Waals surface area contributed by atoms with Gasteiger partial charge in [-0.25, -0.2) is 0 Å². The third-order valence-corrected chi connectivity index (χ3v) is 4.68. The number of aryl methyl sites for hydroxylation is 1. The Balaban J connectivity index is 3.13. The lowest BCUT2D eigenvalue weighted by Gasteiger charge is -2.27. The molecule has 0 bridgehead atoms. The number of nitrogens with zero attached hydrogens (tertiary/aromatic N) is 1. The first-order valence-electron chi connectivity index (χ1n) is 9.41. The minimum Gasteiger partial charge on any atom is -0.460 e. The number of carbonyl (C=O) groups is 2. The monoisotopic (exact) mass is 471 g/mol. The highest BCUT2D eigenvalue weighted by atomic mass is 79.9. The quantitative estimate of drug-likeness (QED) is 0.165. The summed E-state index contributed by atoms with van der Waals surface area (Å²) in [4.78, 5) is 25.3. The molecule has 0 aliphatic rings. The molecule has 5 nitrogen and oxygen atoms in total. The second-order valence-corrected chi connectivity index (χ2v) is 8.78. The van der Waals surface area contributed by atoms with E-state index in [1.165, 1.54) is 7.41 Å². The summed E-state index contributed by atoms with van der Waals surface area (Å²) in [6.45, 7) is 9.64. The lowest BCUT2D eigenvalue weighted by Crippen LogP contribution is -2.31. The van der Waals surface area contributed by atoms with Gasteiger partial charge in [0.2, 0.25) is 0 Å². The van der Waals surface area contributed by atoms with E-state index in [1.807, 2.05) is 27.7 Å². The van der Waals surface area contributed by atoms with Crippen LogP contribution in [0.5, 0.6) is 0 Å². The molecule has 1 unspecified atom stereocenters. The van der Waals surface area contributed by atoms with Crippen molar-refractivity contribution in [3.63, 3.8) is 0 Å². The van der Waals surface area contributed by atoms with E-state index in [1.54, 1.807) is 0 Å². The average molecular weight is 473 g/mol. The minimum atomic E-state index is -0.534. The number of rotatable bonds is 12. The number of carbonyl (C=O) groups excluding carboxylic acids is 2. The van der Waals surface area contributed by atoms with Gasteiger partial charge < -0.3 is 19.7 Å². The molecule has 0 heterocycles. The maximum Gasteiger partial charge on any atom is 0.306 e. The average Bonchev–Trinajstić information content (AvgIpc) is 2.60. The van der Waals surface area contributed by atoms with Gasteiger partial charge in [-0.2, -0.15) is 0 Å². The zero-order valence-corrected chi connectivity index (χ0v) is 19.5. The first-order chi connectivity index (χ1) is 13.2. The summed E-state index contributed by atoms with van der Waals surface area (Å²) >= 11 is 9.45. The van der Waals surface area contributed by atoms with Crippen LogP contribution in [-0.4, -0.2) is 56.0 Å². The summed E-state index contributed by atoms with van der Waals surface area (Å²) in [7, 11) is 1.35. The zero-order valence-electron chi connectivity index (χ0n) is 17.1. The molecule has 1 aromatic rings. The van der Waals surface area contributed by atoms with Gasteiger partial charge in [0.1, 0.15) is 5.60 Å². The molecule has 0 aromatic heterocycles. The number of esters is 1. The molecule has 1 radical (unpaired) electrons. The van der Waals surface area contributed by atoms with E-state index in [2.05, 4.69) is 44.3 Å². The molecule has 0 aliphatic heterocycles. The van der Waals surface area contributed by atoms with Gasteiger partial charge in [-0.3, -0.25) is 4.79 Å². The van der Waals surface area contributed by atoms with E-state index in [-0.39, 0.29) is 18.3 Å². The van der Waals surface area contributed by atoms with Crippen LogP contribution in [0, 0.1) is 6.92 Å². The molecule has 0 spiro atoms. The van der Waals surface area contributed by atoms with Crippen LogP contribution in [0.2, 0.25) is 0 Å². The van der Waals surface area contributed by atoms with Crippen LogP contribution < -0.4 is 10.1 Å². The lowest BCUT2D eigenvalue weighted by atomic mass is 9.88. The third-order valence-electron chi connectivity index (χ3n) is 4.16. The molecular weight excluding hydrogens is 442 g/mol. The molecule has 0 aliphatic carbocycles. The minimum absolute atomic E-state index is 0.118. The predicted molar refractivity (Wildman–Crippen MR) is 122 cm³/mol. The van der Waals surface area contributed by atoms with Crippen molar-refractivity contribution in [3.05, 3.63) is 29.3 Å². The van der Waals surface area contributed by atoms with Gasteiger partial charge in [0.25, 0.3) is 7.41 Å². The largest absolute Gasteiger partial charge is 0.460 e. The van der Waals surface area contributed by atoms with Crippen LogP contribution in [0.25, 0.3) is 0 Å². The third kappa shape index (κ3) is 8.97. The van der Waals surface area contributed by atoms with Crippen LogP contribution in [0.15, 0.2) is 18.2 Å². The lowest BCUT2D eigenvalue weighted by molar-refractivity contribution is -0.155. The first kappa shape index (κ1) is 25.0. The van der Waals surface area contributed by atoms with Crippen LogP contribution >= 0.6 is 27.5 Å². The zero-order chi connectivity index (χ0) is 21.2. The Morgan fingerprint density at radius 1 is 1.39 bits per heavy atom. The van der Waals surface area contributed by atoms with E-state index in [0.717, 1.165) is 35.2 Å². The molecule has 0 saturated carbocycles. The van der Waals surface area contributed by atoms with Crippen LogP contribution in [0.4, 0.5) is 5.69 Å². The number of anilines is 1. The second-order valence-electron chi connectivity index (χ2n) is 7.60. The molecule has 0 saturated heterocycles. The van der Waals surface area contributed by atoms with Gasteiger partial charge in [-0.05, 0) is 57.5 Å². The SMILES string of the molecule is Cc1ccc(N(CCCl)CCBr)cc1C(CN[B]C=O)CC(=O)OC(C)(C)C. The maximum atomic E-state index is 12.4. The Labute approximate surface area is 182 Å². The van der Waals surface area contributed by atoms with Gasteiger partial charge in [-0.1, -0.05) is 22.0 Å². The number of nitrogens with one attached hydrogen (secondary N) is 1. The number of ether oxygens (including phenoxy) is 1. The van der Waals surface area contributed by atoms with Crippen molar-refractivity contribution in [1.82, 2.24) is 5.23 Å². The van der Waals surface area contributed by atoms with Crippen molar-refractivity contribution in [2.75, 3.05) is 35.7 Å². The fourth-order valence-corrected chi connectivity index (χ4v) is 3.61. The maximum absolute atomic E-state index is 12.4. The molecule has 155 valence electrons. The van der Waals surface area contributed by atoms with Crippen molar-refractivity contribution in [3.8, 4) is 0 Å². The van der Waals surface area contributed by atoms with Crippen LogP contribution in [0.1, 0.15) is 44.2 Å². The van der Waals surface area contributed by atoms with Gasteiger partial charge in [-0.15, -0.1) is 11.6 Å². The predicted octanol–water partition coefficient (Wildman–Crippen LogP) is 3.65. The second kappa shape index (κ2) is 12.5. The highest BCUT2D eigenvalue weighted by Crippen LogP contribution is 2.29. The molecule has 1 aromatic carbocycles. The van der Waals surface area contributed by atoms with Gasteiger partial charge in [0.05, 0.1) is 12.6 Å². The Kier molecular flexibility index (Phi) is 11.2. The van der Waals surface area contributed by atoms with E-state index >= 15 is 0 Å². The van der Waals surface area contributed by atoms with Crippen molar-refractivity contribution in [1.29, 1.82) is 0 Å². The van der Waals surface area contributed by atoms with Crippen LogP contribution in [0.3, 0.4) is 0 Å². The molecule has 1 rings (SSSR count).